The van der Waals surface area contributed by atoms with Gasteiger partial charge in [0.1, 0.15) is 17.2 Å². The summed E-state index contributed by atoms with van der Waals surface area (Å²) in [6, 6.07) is 19.2. The van der Waals surface area contributed by atoms with Crippen molar-refractivity contribution in [3.8, 4) is 17.2 Å². The minimum absolute atomic E-state index is 0.415. The molecule has 0 spiro atoms. The van der Waals surface area contributed by atoms with Crippen LogP contribution in [0, 0.1) is 0 Å². The molecule has 4 heteroatoms. The maximum absolute atomic E-state index is 12.2. The molecule has 0 heterocycles. The lowest BCUT2D eigenvalue weighted by Crippen LogP contribution is -2.03. The largest absolute Gasteiger partial charge is 0.494 e. The number of hydrogen-bond acceptors (Lipinski definition) is 4. The van der Waals surface area contributed by atoms with Crippen molar-refractivity contribution in [3.63, 3.8) is 0 Å². The van der Waals surface area contributed by atoms with Gasteiger partial charge in [-0.05, 0) is 71.7 Å². The number of benzene rings is 3. The van der Waals surface area contributed by atoms with Gasteiger partial charge < -0.3 is 14.2 Å². The third-order valence-electron chi connectivity index (χ3n) is 4.78. The molecule has 31 heavy (non-hydrogen) atoms. The van der Waals surface area contributed by atoms with Crippen molar-refractivity contribution in [3.05, 3.63) is 72.3 Å². The van der Waals surface area contributed by atoms with Crippen LogP contribution in [-0.2, 0) is 4.79 Å². The van der Waals surface area contributed by atoms with Gasteiger partial charge in [-0.3, -0.25) is 0 Å². The Bertz CT molecular complexity index is 1010. The van der Waals surface area contributed by atoms with Crippen LogP contribution in [0.3, 0.4) is 0 Å². The zero-order valence-corrected chi connectivity index (χ0v) is 18.3. The number of esters is 1. The standard InChI is InChI=1S/C27H30O4/c1-3-5-6-18-30-25-14-10-23-20-26(15-11-22(23)19-25)31-27(28)16-9-21-7-12-24(13-8-21)29-17-4-2/h7-16,19-20H,3-6,17-18H2,1-2H3. The maximum atomic E-state index is 12.2. The maximum Gasteiger partial charge on any atom is 0.336 e. The van der Waals surface area contributed by atoms with E-state index in [2.05, 4.69) is 13.8 Å². The van der Waals surface area contributed by atoms with Gasteiger partial charge >= 0.3 is 5.97 Å². The Balaban J connectivity index is 1.56. The second kappa shape index (κ2) is 11.8. The number of ether oxygens (including phenoxy) is 3. The second-order valence-electron chi connectivity index (χ2n) is 7.40. The van der Waals surface area contributed by atoms with Gasteiger partial charge in [0.15, 0.2) is 0 Å². The van der Waals surface area contributed by atoms with Crippen LogP contribution in [0.4, 0.5) is 0 Å². The molecule has 0 aliphatic rings. The summed E-state index contributed by atoms with van der Waals surface area (Å²) < 4.78 is 16.8. The number of unbranched alkanes of at least 4 members (excludes halogenated alkanes) is 2. The van der Waals surface area contributed by atoms with Crippen LogP contribution in [0.5, 0.6) is 17.2 Å². The van der Waals surface area contributed by atoms with Gasteiger partial charge in [0.25, 0.3) is 0 Å². The number of carbonyl (C=O) groups excluding carboxylic acids is 1. The van der Waals surface area contributed by atoms with E-state index in [0.29, 0.717) is 12.4 Å². The highest BCUT2D eigenvalue weighted by molar-refractivity contribution is 5.90. The highest BCUT2D eigenvalue weighted by atomic mass is 16.5. The van der Waals surface area contributed by atoms with Crippen molar-refractivity contribution < 1.29 is 19.0 Å². The minimum atomic E-state index is -0.415. The Kier molecular flexibility index (Phi) is 8.53. The molecule has 3 rings (SSSR count). The van der Waals surface area contributed by atoms with Gasteiger partial charge in [-0.25, -0.2) is 4.79 Å². The number of rotatable bonds is 11. The monoisotopic (exact) mass is 418 g/mol. The predicted octanol–water partition coefficient (Wildman–Crippen LogP) is 6.82. The number of fused-ring (bicyclic) bond motifs is 1. The molecule has 3 aromatic rings. The van der Waals surface area contributed by atoms with Crippen LogP contribution < -0.4 is 14.2 Å². The zero-order valence-electron chi connectivity index (χ0n) is 18.3. The van der Waals surface area contributed by atoms with Crippen LogP contribution in [-0.4, -0.2) is 19.2 Å². The normalized spacial score (nSPS) is 11.0. The second-order valence-corrected chi connectivity index (χ2v) is 7.40. The average molecular weight is 419 g/mol. The summed E-state index contributed by atoms with van der Waals surface area (Å²) in [5.74, 6) is 1.79. The Morgan fingerprint density at radius 1 is 0.742 bits per heavy atom. The number of carbonyl (C=O) groups is 1. The third kappa shape index (κ3) is 7.18. The smallest absolute Gasteiger partial charge is 0.336 e. The summed E-state index contributed by atoms with van der Waals surface area (Å²) >= 11 is 0. The molecule has 0 bridgehead atoms. The molecule has 0 fully saturated rings. The Hall–Kier alpha value is -3.27. The molecular weight excluding hydrogens is 388 g/mol. The van der Waals surface area contributed by atoms with E-state index in [9.17, 15) is 4.79 Å². The zero-order chi connectivity index (χ0) is 21.9. The number of hydrogen-bond donors (Lipinski definition) is 0. The molecule has 0 radical (unpaired) electrons. The lowest BCUT2D eigenvalue weighted by molar-refractivity contribution is -0.128. The van der Waals surface area contributed by atoms with Crippen molar-refractivity contribution in [2.24, 2.45) is 0 Å². The van der Waals surface area contributed by atoms with Crippen LogP contribution in [0.2, 0.25) is 0 Å². The highest BCUT2D eigenvalue weighted by Gasteiger charge is 2.04. The topological polar surface area (TPSA) is 44.8 Å². The van der Waals surface area contributed by atoms with E-state index < -0.39 is 5.97 Å². The first-order valence-corrected chi connectivity index (χ1v) is 11.0. The lowest BCUT2D eigenvalue weighted by atomic mass is 10.1. The molecular formula is C27H30O4. The summed E-state index contributed by atoms with van der Waals surface area (Å²) in [7, 11) is 0. The van der Waals surface area contributed by atoms with Gasteiger partial charge in [-0.15, -0.1) is 0 Å². The molecule has 0 atom stereocenters. The van der Waals surface area contributed by atoms with E-state index in [-0.39, 0.29) is 0 Å². The molecule has 0 saturated heterocycles. The van der Waals surface area contributed by atoms with Gasteiger partial charge in [-0.1, -0.05) is 51.0 Å². The van der Waals surface area contributed by atoms with E-state index in [1.807, 2.05) is 54.6 Å². The van der Waals surface area contributed by atoms with Crippen molar-refractivity contribution in [2.75, 3.05) is 13.2 Å². The van der Waals surface area contributed by atoms with Crippen LogP contribution in [0.1, 0.15) is 45.1 Å². The molecule has 0 N–H and O–H groups in total. The van der Waals surface area contributed by atoms with Crippen molar-refractivity contribution in [1.29, 1.82) is 0 Å². The van der Waals surface area contributed by atoms with Crippen LogP contribution in [0.15, 0.2) is 66.7 Å². The molecule has 0 saturated carbocycles. The Morgan fingerprint density at radius 3 is 2.10 bits per heavy atom. The van der Waals surface area contributed by atoms with E-state index in [1.54, 1.807) is 12.1 Å². The lowest BCUT2D eigenvalue weighted by Gasteiger charge is -2.08. The van der Waals surface area contributed by atoms with E-state index >= 15 is 0 Å². The Morgan fingerprint density at radius 2 is 1.39 bits per heavy atom. The van der Waals surface area contributed by atoms with Crippen molar-refractivity contribution in [2.45, 2.75) is 39.5 Å². The molecule has 4 nitrogen and oxygen atoms in total. The fourth-order valence-electron chi connectivity index (χ4n) is 3.11. The van der Waals surface area contributed by atoms with Gasteiger partial charge in [-0.2, -0.15) is 0 Å². The van der Waals surface area contributed by atoms with Crippen molar-refractivity contribution in [1.82, 2.24) is 0 Å². The molecule has 0 aliphatic heterocycles. The highest BCUT2D eigenvalue weighted by Crippen LogP contribution is 2.25. The fourth-order valence-corrected chi connectivity index (χ4v) is 3.11. The molecule has 0 amide bonds. The minimum Gasteiger partial charge on any atom is -0.494 e. The SMILES string of the molecule is CCCCCOc1ccc2cc(OC(=O)C=Cc3ccc(OCCC)cc3)ccc2c1. The van der Waals surface area contributed by atoms with Gasteiger partial charge in [0.2, 0.25) is 0 Å². The summed E-state index contributed by atoms with van der Waals surface area (Å²) in [4.78, 5) is 12.2. The molecule has 3 aromatic carbocycles. The average Bonchev–Trinajstić information content (AvgIpc) is 2.80. The Labute approximate surface area is 184 Å². The predicted molar refractivity (Wildman–Crippen MR) is 126 cm³/mol. The van der Waals surface area contributed by atoms with E-state index in [0.717, 1.165) is 47.3 Å². The fraction of sp³-hybridized carbons (Fsp3) is 0.296. The van der Waals surface area contributed by atoms with Crippen molar-refractivity contribution >= 4 is 22.8 Å². The third-order valence-corrected chi connectivity index (χ3v) is 4.78. The van der Waals surface area contributed by atoms with E-state index in [1.165, 1.54) is 18.9 Å². The molecule has 0 aliphatic carbocycles. The summed E-state index contributed by atoms with van der Waals surface area (Å²) in [5, 5.41) is 2.05. The summed E-state index contributed by atoms with van der Waals surface area (Å²) in [5.41, 5.74) is 0.908. The first-order valence-electron chi connectivity index (χ1n) is 11.0. The van der Waals surface area contributed by atoms with Crippen LogP contribution in [0.25, 0.3) is 16.8 Å². The molecule has 162 valence electrons. The molecule has 0 aromatic heterocycles. The first kappa shape index (κ1) is 22.4. The molecule has 0 unspecified atom stereocenters. The summed E-state index contributed by atoms with van der Waals surface area (Å²) in [6.07, 6.45) is 7.55. The summed E-state index contributed by atoms with van der Waals surface area (Å²) in [6.45, 7) is 5.67. The van der Waals surface area contributed by atoms with Gasteiger partial charge in [0.05, 0.1) is 13.2 Å². The first-order chi connectivity index (χ1) is 15.2. The van der Waals surface area contributed by atoms with Crippen LogP contribution >= 0.6 is 0 Å². The van der Waals surface area contributed by atoms with E-state index in [4.69, 9.17) is 14.2 Å². The quantitative estimate of drug-likeness (QED) is 0.148. The van der Waals surface area contributed by atoms with Gasteiger partial charge in [0, 0.05) is 6.08 Å².